The summed E-state index contributed by atoms with van der Waals surface area (Å²) in [6.45, 7) is 13.8. The molecule has 6 unspecified atom stereocenters. The average molecular weight is 635 g/mol. The third-order valence-electron chi connectivity index (χ3n) is 18.0. The lowest BCUT2D eigenvalue weighted by molar-refractivity contribution is -0.191. The predicted molar refractivity (Wildman–Crippen MR) is 201 cm³/mol. The van der Waals surface area contributed by atoms with Crippen LogP contribution in [0.25, 0.3) is 0 Å². The smallest absolute Gasteiger partial charge is 0.0210 e. The SMILES string of the molecule is CCCCCCCCC1(C2(C)CCCCC2)CC(C2(C)CCCCC2)CC2C(C3(C)CCCCC3)CC(C3(C)CCCCC3)CC21. The zero-order valence-electron chi connectivity index (χ0n) is 32.3. The standard InChI is InChI=1S/C46H82/c1-6-7-8-9-10-23-32-46(45(5)30-21-14-22-31-45)36-38(43(3)26-17-12-18-27-43)33-39-40(44(4)28-19-13-20-29-44)34-37(35-41(39)46)42(2)24-15-11-16-25-42/h37-41H,6-36H2,1-5H3. The van der Waals surface area contributed by atoms with E-state index in [-0.39, 0.29) is 0 Å². The zero-order valence-corrected chi connectivity index (χ0v) is 32.3. The molecular formula is C46H82. The summed E-state index contributed by atoms with van der Waals surface area (Å²) >= 11 is 0. The molecule has 0 heterocycles. The Morgan fingerprint density at radius 1 is 0.435 bits per heavy atom. The maximum Gasteiger partial charge on any atom is -0.0210 e. The van der Waals surface area contributed by atoms with Gasteiger partial charge in [-0.3, -0.25) is 0 Å². The van der Waals surface area contributed by atoms with Crippen molar-refractivity contribution in [3.63, 3.8) is 0 Å². The van der Waals surface area contributed by atoms with E-state index in [0.717, 1.165) is 29.6 Å². The molecule has 6 aliphatic carbocycles. The van der Waals surface area contributed by atoms with Gasteiger partial charge in [-0.05, 0) is 140 Å². The van der Waals surface area contributed by atoms with Crippen molar-refractivity contribution in [3.8, 4) is 0 Å². The lowest BCUT2D eigenvalue weighted by Crippen LogP contribution is -2.60. The van der Waals surface area contributed by atoms with Crippen molar-refractivity contribution in [1.29, 1.82) is 0 Å². The van der Waals surface area contributed by atoms with E-state index in [1.165, 1.54) is 116 Å². The summed E-state index contributed by atoms with van der Waals surface area (Å²) in [7, 11) is 0. The quantitative estimate of drug-likeness (QED) is 0.198. The highest BCUT2D eigenvalue weighted by atomic mass is 14.7. The third-order valence-corrected chi connectivity index (χ3v) is 18.0. The highest BCUT2D eigenvalue weighted by molar-refractivity contribution is 5.13. The second-order valence-electron chi connectivity index (χ2n) is 20.6. The first kappa shape index (κ1) is 35.8. The maximum absolute atomic E-state index is 2.93. The molecule has 0 heteroatoms. The van der Waals surface area contributed by atoms with E-state index in [2.05, 4.69) is 34.6 Å². The van der Waals surface area contributed by atoms with Gasteiger partial charge >= 0.3 is 0 Å². The Hall–Kier alpha value is 0. The fourth-order valence-electron chi connectivity index (χ4n) is 14.8. The molecule has 0 nitrogen and oxygen atoms in total. The van der Waals surface area contributed by atoms with Crippen LogP contribution >= 0.6 is 0 Å². The highest BCUT2D eigenvalue weighted by Crippen LogP contribution is 2.72. The number of fused-ring (bicyclic) bond motifs is 1. The van der Waals surface area contributed by atoms with E-state index in [9.17, 15) is 0 Å². The van der Waals surface area contributed by atoms with Crippen molar-refractivity contribution in [2.45, 2.75) is 234 Å². The minimum atomic E-state index is 0.578. The van der Waals surface area contributed by atoms with Gasteiger partial charge in [-0.2, -0.15) is 0 Å². The minimum absolute atomic E-state index is 0.578. The monoisotopic (exact) mass is 635 g/mol. The van der Waals surface area contributed by atoms with Crippen LogP contribution in [0.5, 0.6) is 0 Å². The maximum atomic E-state index is 2.93. The summed E-state index contributed by atoms with van der Waals surface area (Å²) in [5.74, 6) is 5.01. The summed E-state index contributed by atoms with van der Waals surface area (Å²) in [6.07, 6.45) is 47.5. The van der Waals surface area contributed by atoms with Gasteiger partial charge in [-0.15, -0.1) is 0 Å². The number of rotatable bonds is 11. The molecule has 6 fully saturated rings. The molecule has 0 aliphatic heterocycles. The second kappa shape index (κ2) is 15.1. The molecule has 0 radical (unpaired) electrons. The van der Waals surface area contributed by atoms with Gasteiger partial charge in [0.05, 0.1) is 0 Å². The molecule has 6 rings (SSSR count). The van der Waals surface area contributed by atoms with Gasteiger partial charge in [0.1, 0.15) is 0 Å². The van der Waals surface area contributed by atoms with Crippen molar-refractivity contribution in [1.82, 2.24) is 0 Å². The van der Waals surface area contributed by atoms with Gasteiger partial charge in [0.25, 0.3) is 0 Å². The van der Waals surface area contributed by atoms with E-state index < -0.39 is 0 Å². The van der Waals surface area contributed by atoms with Crippen molar-refractivity contribution in [2.24, 2.45) is 56.7 Å². The Morgan fingerprint density at radius 2 is 0.891 bits per heavy atom. The first-order valence-electron chi connectivity index (χ1n) is 22.2. The molecule has 0 bridgehead atoms. The molecule has 0 aromatic carbocycles. The first-order valence-corrected chi connectivity index (χ1v) is 22.2. The number of hydrogen-bond acceptors (Lipinski definition) is 0. The van der Waals surface area contributed by atoms with Gasteiger partial charge in [0, 0.05) is 0 Å². The van der Waals surface area contributed by atoms with Gasteiger partial charge in [-0.1, -0.05) is 150 Å². The summed E-state index contributed by atoms with van der Waals surface area (Å²) in [6, 6.07) is 0. The molecule has 0 aromatic heterocycles. The summed E-state index contributed by atoms with van der Waals surface area (Å²) in [4.78, 5) is 0. The van der Waals surface area contributed by atoms with Crippen LogP contribution in [-0.4, -0.2) is 0 Å². The summed E-state index contributed by atoms with van der Waals surface area (Å²) in [5, 5.41) is 0. The van der Waals surface area contributed by atoms with Crippen LogP contribution in [0.2, 0.25) is 0 Å². The third kappa shape index (κ3) is 7.11. The van der Waals surface area contributed by atoms with Crippen molar-refractivity contribution < 1.29 is 0 Å². The molecule has 0 N–H and O–H groups in total. The fraction of sp³-hybridized carbons (Fsp3) is 1.00. The minimum Gasteiger partial charge on any atom is -0.0654 e. The number of unbranched alkanes of at least 4 members (excludes halogenated alkanes) is 5. The van der Waals surface area contributed by atoms with E-state index in [1.54, 1.807) is 83.5 Å². The summed E-state index contributed by atoms with van der Waals surface area (Å²) in [5.41, 5.74) is 3.02. The van der Waals surface area contributed by atoms with E-state index in [0.29, 0.717) is 27.1 Å². The fourth-order valence-corrected chi connectivity index (χ4v) is 14.8. The van der Waals surface area contributed by atoms with Crippen LogP contribution in [0.3, 0.4) is 0 Å². The molecule has 0 amide bonds. The van der Waals surface area contributed by atoms with Crippen LogP contribution in [0, 0.1) is 56.7 Å². The van der Waals surface area contributed by atoms with Crippen LogP contribution in [0.1, 0.15) is 234 Å². The van der Waals surface area contributed by atoms with Crippen LogP contribution in [0.15, 0.2) is 0 Å². The average Bonchev–Trinajstić information content (AvgIpc) is 3.07. The first-order chi connectivity index (χ1) is 22.2. The molecule has 46 heavy (non-hydrogen) atoms. The lowest BCUT2D eigenvalue weighted by Gasteiger charge is -2.68. The highest BCUT2D eigenvalue weighted by Gasteiger charge is 2.64. The van der Waals surface area contributed by atoms with Gasteiger partial charge in [0.15, 0.2) is 0 Å². The second-order valence-corrected chi connectivity index (χ2v) is 20.6. The van der Waals surface area contributed by atoms with Gasteiger partial charge in [-0.25, -0.2) is 0 Å². The predicted octanol–water partition coefficient (Wildman–Crippen LogP) is 15.3. The van der Waals surface area contributed by atoms with Crippen LogP contribution < -0.4 is 0 Å². The topological polar surface area (TPSA) is 0 Å². The lowest BCUT2D eigenvalue weighted by atomic mass is 9.36. The van der Waals surface area contributed by atoms with E-state index in [4.69, 9.17) is 0 Å². The van der Waals surface area contributed by atoms with Gasteiger partial charge in [0.2, 0.25) is 0 Å². The normalized spacial score (nSPS) is 38.9. The Balaban J connectivity index is 1.43. The zero-order chi connectivity index (χ0) is 32.3. The Morgan fingerprint density at radius 3 is 1.46 bits per heavy atom. The molecule has 0 saturated heterocycles. The molecule has 6 atom stereocenters. The Labute approximate surface area is 289 Å². The molecule has 0 spiro atoms. The van der Waals surface area contributed by atoms with Crippen molar-refractivity contribution in [2.75, 3.05) is 0 Å². The largest absolute Gasteiger partial charge is 0.0654 e. The molecule has 0 aromatic rings. The van der Waals surface area contributed by atoms with Crippen LogP contribution in [0.4, 0.5) is 0 Å². The Kier molecular flexibility index (Phi) is 11.7. The van der Waals surface area contributed by atoms with E-state index in [1.807, 2.05) is 0 Å². The molecular weight excluding hydrogens is 553 g/mol. The van der Waals surface area contributed by atoms with Crippen molar-refractivity contribution in [3.05, 3.63) is 0 Å². The van der Waals surface area contributed by atoms with Crippen LogP contribution in [-0.2, 0) is 0 Å². The molecule has 6 saturated carbocycles. The van der Waals surface area contributed by atoms with E-state index >= 15 is 0 Å². The molecule has 6 aliphatic rings. The summed E-state index contributed by atoms with van der Waals surface area (Å²) < 4.78 is 0. The van der Waals surface area contributed by atoms with Gasteiger partial charge < -0.3 is 0 Å². The molecule has 266 valence electrons. The number of hydrogen-bond donors (Lipinski definition) is 0. The Bertz CT molecular complexity index is 918. The van der Waals surface area contributed by atoms with Crippen molar-refractivity contribution >= 4 is 0 Å².